The summed E-state index contributed by atoms with van der Waals surface area (Å²) >= 11 is 0. The highest BCUT2D eigenvalue weighted by atomic mass is 16.5. The SMILES string of the molecule is COc1cc(-c2nn[nH]n2)c(N)cc1OC(C)C. The second-order valence-electron chi connectivity index (χ2n) is 3.99. The average Bonchev–Trinajstić information content (AvgIpc) is 2.82. The summed E-state index contributed by atoms with van der Waals surface area (Å²) in [5, 5.41) is 13.7. The second kappa shape index (κ2) is 4.91. The van der Waals surface area contributed by atoms with Gasteiger partial charge in [-0.15, -0.1) is 10.2 Å². The van der Waals surface area contributed by atoms with Crippen LogP contribution in [0.4, 0.5) is 5.69 Å². The number of aromatic nitrogens is 4. The molecule has 96 valence electrons. The molecule has 0 atom stereocenters. The minimum atomic E-state index is 0.0364. The first-order chi connectivity index (χ1) is 8.61. The highest BCUT2D eigenvalue weighted by Crippen LogP contribution is 2.36. The third-order valence-electron chi connectivity index (χ3n) is 2.28. The lowest BCUT2D eigenvalue weighted by Crippen LogP contribution is -2.07. The molecule has 7 heteroatoms. The van der Waals surface area contributed by atoms with Crippen molar-refractivity contribution >= 4 is 5.69 Å². The third kappa shape index (κ3) is 2.34. The summed E-state index contributed by atoms with van der Waals surface area (Å²) in [7, 11) is 1.57. The molecule has 0 aliphatic heterocycles. The number of ether oxygens (including phenoxy) is 2. The number of aromatic amines is 1. The Morgan fingerprint density at radius 1 is 1.28 bits per heavy atom. The minimum absolute atomic E-state index is 0.0364. The zero-order valence-corrected chi connectivity index (χ0v) is 10.5. The number of hydrogen-bond acceptors (Lipinski definition) is 6. The molecule has 0 bridgehead atoms. The molecule has 18 heavy (non-hydrogen) atoms. The normalized spacial score (nSPS) is 10.7. The second-order valence-corrected chi connectivity index (χ2v) is 3.99. The molecule has 2 rings (SSSR count). The van der Waals surface area contributed by atoms with Crippen molar-refractivity contribution in [1.82, 2.24) is 20.6 Å². The van der Waals surface area contributed by atoms with Gasteiger partial charge in [0.05, 0.1) is 13.2 Å². The van der Waals surface area contributed by atoms with E-state index in [-0.39, 0.29) is 6.10 Å². The lowest BCUT2D eigenvalue weighted by Gasteiger charge is -2.15. The largest absolute Gasteiger partial charge is 0.493 e. The van der Waals surface area contributed by atoms with Crippen molar-refractivity contribution in [2.45, 2.75) is 20.0 Å². The van der Waals surface area contributed by atoms with Crippen molar-refractivity contribution in [1.29, 1.82) is 0 Å². The van der Waals surface area contributed by atoms with Crippen LogP contribution in [0.3, 0.4) is 0 Å². The Hall–Kier alpha value is -2.31. The number of H-pyrrole nitrogens is 1. The van der Waals surface area contributed by atoms with Gasteiger partial charge in [0.15, 0.2) is 11.5 Å². The first-order valence-electron chi connectivity index (χ1n) is 5.49. The van der Waals surface area contributed by atoms with Crippen LogP contribution in [0.15, 0.2) is 12.1 Å². The van der Waals surface area contributed by atoms with Crippen LogP contribution < -0.4 is 15.2 Å². The Kier molecular flexibility index (Phi) is 3.31. The molecule has 0 amide bonds. The maximum Gasteiger partial charge on any atom is 0.206 e. The minimum Gasteiger partial charge on any atom is -0.493 e. The smallest absolute Gasteiger partial charge is 0.206 e. The summed E-state index contributed by atoms with van der Waals surface area (Å²) in [6, 6.07) is 3.43. The Bertz CT molecular complexity index is 524. The number of benzene rings is 1. The fourth-order valence-electron chi connectivity index (χ4n) is 1.55. The molecule has 0 fully saturated rings. The molecule has 0 aliphatic rings. The average molecular weight is 249 g/mol. The molecule has 7 nitrogen and oxygen atoms in total. The first-order valence-corrected chi connectivity index (χ1v) is 5.49. The predicted molar refractivity (Wildman–Crippen MR) is 66.3 cm³/mol. The first kappa shape index (κ1) is 12.2. The van der Waals surface area contributed by atoms with E-state index in [1.807, 2.05) is 13.8 Å². The van der Waals surface area contributed by atoms with Gasteiger partial charge in [0.25, 0.3) is 0 Å². The van der Waals surface area contributed by atoms with E-state index in [4.69, 9.17) is 15.2 Å². The molecule has 0 saturated heterocycles. The van der Waals surface area contributed by atoms with Crippen LogP contribution in [0.25, 0.3) is 11.4 Å². The zero-order chi connectivity index (χ0) is 13.1. The lowest BCUT2D eigenvalue weighted by molar-refractivity contribution is 0.230. The predicted octanol–water partition coefficient (Wildman–Crippen LogP) is 1.24. The molecule has 2 aromatic rings. The Morgan fingerprint density at radius 3 is 2.61 bits per heavy atom. The van der Waals surface area contributed by atoms with Gasteiger partial charge in [-0.25, -0.2) is 0 Å². The van der Waals surface area contributed by atoms with E-state index in [2.05, 4.69) is 20.6 Å². The van der Waals surface area contributed by atoms with E-state index in [0.717, 1.165) is 0 Å². The van der Waals surface area contributed by atoms with Gasteiger partial charge in [0.1, 0.15) is 0 Å². The summed E-state index contributed by atoms with van der Waals surface area (Å²) in [6.45, 7) is 3.87. The molecule has 0 spiro atoms. The van der Waals surface area contributed by atoms with Crippen LogP contribution in [0.1, 0.15) is 13.8 Å². The van der Waals surface area contributed by atoms with Crippen molar-refractivity contribution in [3.8, 4) is 22.9 Å². The number of hydrogen-bond donors (Lipinski definition) is 2. The van der Waals surface area contributed by atoms with Crippen molar-refractivity contribution in [2.24, 2.45) is 0 Å². The molecule has 1 aromatic carbocycles. The van der Waals surface area contributed by atoms with Crippen LogP contribution in [-0.4, -0.2) is 33.8 Å². The summed E-state index contributed by atoms with van der Waals surface area (Å²) in [5.74, 6) is 1.59. The quantitative estimate of drug-likeness (QED) is 0.791. The lowest BCUT2D eigenvalue weighted by atomic mass is 10.1. The number of nitrogen functional groups attached to an aromatic ring is 1. The van der Waals surface area contributed by atoms with E-state index < -0.39 is 0 Å². The zero-order valence-electron chi connectivity index (χ0n) is 10.5. The molecule has 0 radical (unpaired) electrons. The van der Waals surface area contributed by atoms with Crippen molar-refractivity contribution in [3.05, 3.63) is 12.1 Å². The van der Waals surface area contributed by atoms with Gasteiger partial charge in [0, 0.05) is 17.3 Å². The molecule has 1 aromatic heterocycles. The van der Waals surface area contributed by atoms with Gasteiger partial charge in [-0.1, -0.05) is 0 Å². The number of methoxy groups -OCH3 is 1. The van der Waals surface area contributed by atoms with Gasteiger partial charge >= 0.3 is 0 Å². The number of rotatable bonds is 4. The molecule has 0 aliphatic carbocycles. The van der Waals surface area contributed by atoms with Crippen LogP contribution in [0.2, 0.25) is 0 Å². The number of anilines is 1. The molecule has 0 saturated carbocycles. The summed E-state index contributed by atoms with van der Waals surface area (Å²) in [4.78, 5) is 0. The van der Waals surface area contributed by atoms with Gasteiger partial charge in [0.2, 0.25) is 5.82 Å². The van der Waals surface area contributed by atoms with Crippen LogP contribution in [-0.2, 0) is 0 Å². The van der Waals surface area contributed by atoms with Crippen LogP contribution in [0.5, 0.6) is 11.5 Å². The maximum atomic E-state index is 5.95. The van der Waals surface area contributed by atoms with Gasteiger partial charge in [-0.2, -0.15) is 5.21 Å². The molecular formula is C11H15N5O2. The van der Waals surface area contributed by atoms with Crippen molar-refractivity contribution < 1.29 is 9.47 Å². The summed E-state index contributed by atoms with van der Waals surface area (Å²) in [5.41, 5.74) is 7.11. The summed E-state index contributed by atoms with van der Waals surface area (Å²) in [6.07, 6.45) is 0.0364. The van der Waals surface area contributed by atoms with Crippen LogP contribution >= 0.6 is 0 Å². The molecule has 1 heterocycles. The Balaban J connectivity index is 2.46. The fourth-order valence-corrected chi connectivity index (χ4v) is 1.55. The van der Waals surface area contributed by atoms with Crippen molar-refractivity contribution in [3.63, 3.8) is 0 Å². The fraction of sp³-hybridized carbons (Fsp3) is 0.364. The number of nitrogens with one attached hydrogen (secondary N) is 1. The molecule has 0 unspecified atom stereocenters. The summed E-state index contributed by atoms with van der Waals surface area (Å²) < 4.78 is 10.9. The van der Waals surface area contributed by atoms with E-state index in [1.165, 1.54) is 0 Å². The number of nitrogens with zero attached hydrogens (tertiary/aromatic N) is 3. The van der Waals surface area contributed by atoms with Gasteiger partial charge in [-0.05, 0) is 25.1 Å². The molecular weight excluding hydrogens is 234 g/mol. The van der Waals surface area contributed by atoms with Gasteiger partial charge < -0.3 is 15.2 Å². The van der Waals surface area contributed by atoms with E-state index in [1.54, 1.807) is 19.2 Å². The maximum absolute atomic E-state index is 5.95. The monoisotopic (exact) mass is 249 g/mol. The Morgan fingerprint density at radius 2 is 2.06 bits per heavy atom. The highest BCUT2D eigenvalue weighted by molar-refractivity contribution is 5.75. The van der Waals surface area contributed by atoms with E-state index >= 15 is 0 Å². The number of nitrogens with two attached hydrogens (primary N) is 1. The highest BCUT2D eigenvalue weighted by Gasteiger charge is 2.14. The van der Waals surface area contributed by atoms with Crippen LogP contribution in [0, 0.1) is 0 Å². The third-order valence-corrected chi connectivity index (χ3v) is 2.28. The number of tetrazole rings is 1. The van der Waals surface area contributed by atoms with Gasteiger partial charge in [-0.3, -0.25) is 0 Å². The molecule has 3 N–H and O–H groups in total. The topological polar surface area (TPSA) is 98.9 Å². The van der Waals surface area contributed by atoms with Crippen molar-refractivity contribution in [2.75, 3.05) is 12.8 Å². The van der Waals surface area contributed by atoms with E-state index in [9.17, 15) is 0 Å². The Labute approximate surface area is 104 Å². The standard InChI is InChI=1S/C11H15N5O2/c1-6(2)18-10-5-8(12)7(4-9(10)17-3)11-13-15-16-14-11/h4-6H,12H2,1-3H3,(H,13,14,15,16). The van der Waals surface area contributed by atoms with E-state index in [0.29, 0.717) is 28.6 Å².